The first-order chi connectivity index (χ1) is 12.7. The topological polar surface area (TPSA) is 80.5 Å². The SMILES string of the molecule is C[C@H](Sc1n[nH]c(-c2ccccc2F)n1)c1nc(-c2ccccc2)no1. The van der Waals surface area contributed by atoms with Crippen LogP contribution in [0, 0.1) is 5.82 Å². The summed E-state index contributed by atoms with van der Waals surface area (Å²) >= 11 is 1.35. The Hall–Kier alpha value is -3.00. The van der Waals surface area contributed by atoms with Crippen LogP contribution in [0.25, 0.3) is 22.8 Å². The molecule has 0 aliphatic heterocycles. The maximum atomic E-state index is 13.8. The van der Waals surface area contributed by atoms with Crippen molar-refractivity contribution in [2.24, 2.45) is 0 Å². The molecule has 1 atom stereocenters. The molecular formula is C18H14FN5OS. The molecule has 2 aromatic heterocycles. The Morgan fingerprint density at radius 3 is 2.62 bits per heavy atom. The molecule has 26 heavy (non-hydrogen) atoms. The first-order valence-electron chi connectivity index (χ1n) is 7.93. The average Bonchev–Trinajstić information content (AvgIpc) is 3.33. The van der Waals surface area contributed by atoms with Gasteiger partial charge in [-0.1, -0.05) is 59.4 Å². The van der Waals surface area contributed by atoms with Gasteiger partial charge in [-0.25, -0.2) is 9.37 Å². The lowest BCUT2D eigenvalue weighted by molar-refractivity contribution is 0.380. The van der Waals surface area contributed by atoms with Gasteiger partial charge in [0.25, 0.3) is 0 Å². The highest BCUT2D eigenvalue weighted by Crippen LogP contribution is 2.33. The minimum absolute atomic E-state index is 0.149. The number of nitrogens with one attached hydrogen (secondary N) is 1. The van der Waals surface area contributed by atoms with Crippen LogP contribution in [0.15, 0.2) is 64.3 Å². The molecule has 2 aromatic carbocycles. The Morgan fingerprint density at radius 1 is 1.04 bits per heavy atom. The molecule has 0 saturated carbocycles. The van der Waals surface area contributed by atoms with Crippen molar-refractivity contribution in [3.05, 3.63) is 66.3 Å². The standard InChI is InChI=1S/C18H14FN5OS/c1-11(17-20-15(24-25-17)12-7-3-2-4-8-12)26-18-21-16(22-23-18)13-9-5-6-10-14(13)19/h2-11H,1H3,(H,21,22,23)/t11-/m0/s1. The molecule has 0 aliphatic rings. The van der Waals surface area contributed by atoms with Gasteiger partial charge in [-0.3, -0.25) is 5.10 Å². The van der Waals surface area contributed by atoms with Crippen LogP contribution in [0.5, 0.6) is 0 Å². The Kier molecular flexibility index (Phi) is 4.49. The van der Waals surface area contributed by atoms with E-state index in [1.165, 1.54) is 17.8 Å². The van der Waals surface area contributed by atoms with E-state index in [9.17, 15) is 4.39 Å². The third-order valence-electron chi connectivity index (χ3n) is 3.70. The summed E-state index contributed by atoms with van der Waals surface area (Å²) in [6.45, 7) is 1.92. The predicted molar refractivity (Wildman–Crippen MR) is 95.8 cm³/mol. The van der Waals surface area contributed by atoms with Gasteiger partial charge < -0.3 is 4.52 Å². The summed E-state index contributed by atoms with van der Waals surface area (Å²) in [5.41, 5.74) is 1.27. The van der Waals surface area contributed by atoms with Gasteiger partial charge in [0.15, 0.2) is 5.82 Å². The fourth-order valence-electron chi connectivity index (χ4n) is 2.39. The number of nitrogens with zero attached hydrogens (tertiary/aromatic N) is 4. The monoisotopic (exact) mass is 367 g/mol. The first kappa shape index (κ1) is 16.5. The van der Waals surface area contributed by atoms with Crippen LogP contribution in [-0.2, 0) is 0 Å². The second kappa shape index (κ2) is 7.09. The Labute approximate surface area is 152 Å². The smallest absolute Gasteiger partial charge is 0.240 e. The molecule has 0 amide bonds. The predicted octanol–water partition coefficient (Wildman–Crippen LogP) is 4.51. The zero-order valence-electron chi connectivity index (χ0n) is 13.8. The zero-order valence-corrected chi connectivity index (χ0v) is 14.6. The van der Waals surface area contributed by atoms with E-state index < -0.39 is 0 Å². The number of aromatic amines is 1. The minimum Gasteiger partial charge on any atom is -0.338 e. The van der Waals surface area contributed by atoms with E-state index in [0.29, 0.717) is 28.3 Å². The number of hydrogen-bond donors (Lipinski definition) is 1. The molecule has 8 heteroatoms. The van der Waals surface area contributed by atoms with Gasteiger partial charge in [-0.2, -0.15) is 4.98 Å². The normalized spacial score (nSPS) is 12.2. The molecular weight excluding hydrogens is 353 g/mol. The highest BCUT2D eigenvalue weighted by molar-refractivity contribution is 7.99. The van der Waals surface area contributed by atoms with E-state index >= 15 is 0 Å². The lowest BCUT2D eigenvalue weighted by Gasteiger charge is -2.01. The fraction of sp³-hybridized carbons (Fsp3) is 0.111. The summed E-state index contributed by atoms with van der Waals surface area (Å²) in [5.74, 6) is 1.05. The lowest BCUT2D eigenvalue weighted by Crippen LogP contribution is -1.90. The van der Waals surface area contributed by atoms with E-state index in [1.54, 1.807) is 18.2 Å². The van der Waals surface area contributed by atoms with Crippen molar-refractivity contribution in [3.8, 4) is 22.8 Å². The molecule has 4 rings (SSSR count). The Balaban J connectivity index is 1.50. The van der Waals surface area contributed by atoms with Gasteiger partial charge in [-0.05, 0) is 19.1 Å². The van der Waals surface area contributed by atoms with Crippen molar-refractivity contribution in [1.82, 2.24) is 25.3 Å². The van der Waals surface area contributed by atoms with Crippen molar-refractivity contribution in [2.45, 2.75) is 17.3 Å². The van der Waals surface area contributed by atoms with E-state index in [1.807, 2.05) is 37.3 Å². The summed E-state index contributed by atoms with van der Waals surface area (Å²) < 4.78 is 19.2. The molecule has 130 valence electrons. The molecule has 0 aliphatic carbocycles. The van der Waals surface area contributed by atoms with Crippen molar-refractivity contribution in [3.63, 3.8) is 0 Å². The van der Waals surface area contributed by atoms with Crippen LogP contribution in [-0.4, -0.2) is 25.3 Å². The largest absolute Gasteiger partial charge is 0.338 e. The van der Waals surface area contributed by atoms with Crippen molar-refractivity contribution >= 4 is 11.8 Å². The summed E-state index contributed by atoms with van der Waals surface area (Å²) in [6.07, 6.45) is 0. The quantitative estimate of drug-likeness (QED) is 0.523. The minimum atomic E-state index is -0.349. The molecule has 0 saturated heterocycles. The number of aromatic nitrogens is 5. The molecule has 0 fully saturated rings. The van der Waals surface area contributed by atoms with Gasteiger partial charge in [0, 0.05) is 5.56 Å². The molecule has 2 heterocycles. The van der Waals surface area contributed by atoms with Gasteiger partial charge in [0.2, 0.25) is 16.9 Å². The highest BCUT2D eigenvalue weighted by Gasteiger charge is 2.19. The number of benzene rings is 2. The van der Waals surface area contributed by atoms with Gasteiger partial charge in [0.05, 0.1) is 10.8 Å². The maximum Gasteiger partial charge on any atom is 0.240 e. The average molecular weight is 367 g/mol. The Bertz CT molecular complexity index is 1020. The van der Waals surface area contributed by atoms with E-state index in [0.717, 1.165) is 5.56 Å². The third kappa shape index (κ3) is 3.36. The van der Waals surface area contributed by atoms with Crippen LogP contribution >= 0.6 is 11.8 Å². The number of H-pyrrole nitrogens is 1. The second-order valence-corrected chi connectivity index (χ2v) is 6.84. The molecule has 0 radical (unpaired) electrons. The fourth-order valence-corrected chi connectivity index (χ4v) is 3.14. The summed E-state index contributed by atoms with van der Waals surface area (Å²) in [6, 6.07) is 16.0. The van der Waals surface area contributed by atoms with Gasteiger partial charge in [-0.15, -0.1) is 5.10 Å². The molecule has 0 unspecified atom stereocenters. The molecule has 4 aromatic rings. The number of hydrogen-bond acceptors (Lipinski definition) is 6. The highest BCUT2D eigenvalue weighted by atomic mass is 32.2. The maximum absolute atomic E-state index is 13.8. The van der Waals surface area contributed by atoms with Gasteiger partial charge >= 0.3 is 0 Å². The van der Waals surface area contributed by atoms with Crippen molar-refractivity contribution in [2.75, 3.05) is 0 Å². The zero-order chi connectivity index (χ0) is 17.9. The van der Waals surface area contributed by atoms with E-state index in [2.05, 4.69) is 25.3 Å². The van der Waals surface area contributed by atoms with Crippen molar-refractivity contribution < 1.29 is 8.91 Å². The third-order valence-corrected chi connectivity index (χ3v) is 4.65. The molecule has 1 N–H and O–H groups in total. The van der Waals surface area contributed by atoms with Crippen molar-refractivity contribution in [1.29, 1.82) is 0 Å². The number of rotatable bonds is 5. The molecule has 0 bridgehead atoms. The van der Waals surface area contributed by atoms with E-state index in [-0.39, 0.29) is 11.1 Å². The summed E-state index contributed by atoms with van der Waals surface area (Å²) in [7, 11) is 0. The van der Waals surface area contributed by atoms with Crippen LogP contribution < -0.4 is 0 Å². The summed E-state index contributed by atoms with van der Waals surface area (Å²) in [5, 5.41) is 11.2. The van der Waals surface area contributed by atoms with E-state index in [4.69, 9.17) is 4.52 Å². The van der Waals surface area contributed by atoms with Gasteiger partial charge in [0.1, 0.15) is 5.82 Å². The number of thioether (sulfide) groups is 1. The summed E-state index contributed by atoms with van der Waals surface area (Å²) in [4.78, 5) is 8.77. The van der Waals surface area contributed by atoms with Crippen LogP contribution in [0.2, 0.25) is 0 Å². The van der Waals surface area contributed by atoms with Crippen LogP contribution in [0.4, 0.5) is 4.39 Å². The number of halogens is 1. The molecule has 0 spiro atoms. The Morgan fingerprint density at radius 2 is 1.81 bits per heavy atom. The second-order valence-electron chi connectivity index (χ2n) is 5.53. The lowest BCUT2D eigenvalue weighted by atomic mass is 10.2. The van der Waals surface area contributed by atoms with Crippen LogP contribution in [0.3, 0.4) is 0 Å². The molecule has 6 nitrogen and oxygen atoms in total. The first-order valence-corrected chi connectivity index (χ1v) is 8.81. The van der Waals surface area contributed by atoms with Crippen LogP contribution in [0.1, 0.15) is 18.1 Å².